The molecule has 0 N–H and O–H groups in total. The van der Waals surface area contributed by atoms with Gasteiger partial charge in [-0.25, -0.2) is 9.88 Å². The summed E-state index contributed by atoms with van der Waals surface area (Å²) in [6, 6.07) is 11.8. The van der Waals surface area contributed by atoms with Gasteiger partial charge in [-0.15, -0.1) is 0 Å². The lowest BCUT2D eigenvalue weighted by atomic mass is 10.2. The Bertz CT molecular complexity index is 655. The van der Waals surface area contributed by atoms with Gasteiger partial charge >= 0.3 is 0 Å². The number of halogens is 1. The standard InChI is InChI=1S/C13H7ClN2O2/c14-10-7-6-9-11(15-10)13(18)16(12(9)17)8-4-2-1-3-5-8/h1-7H. The molecule has 2 amide bonds. The summed E-state index contributed by atoms with van der Waals surface area (Å²) in [6.07, 6.45) is 0. The zero-order valence-corrected chi connectivity index (χ0v) is 9.89. The Morgan fingerprint density at radius 1 is 0.944 bits per heavy atom. The minimum absolute atomic E-state index is 0.108. The molecule has 0 spiro atoms. The van der Waals surface area contributed by atoms with Crippen LogP contribution in [-0.2, 0) is 0 Å². The maximum Gasteiger partial charge on any atom is 0.284 e. The number of carbonyl (C=O) groups is 2. The number of amides is 2. The summed E-state index contributed by atoms with van der Waals surface area (Å²) in [5.41, 5.74) is 0.922. The average Bonchev–Trinajstić information content (AvgIpc) is 2.63. The van der Waals surface area contributed by atoms with Crippen LogP contribution in [0.25, 0.3) is 0 Å². The molecule has 0 aliphatic carbocycles. The van der Waals surface area contributed by atoms with Crippen molar-refractivity contribution in [2.24, 2.45) is 0 Å². The van der Waals surface area contributed by atoms with Crippen molar-refractivity contribution in [3.8, 4) is 0 Å². The number of aromatic nitrogens is 1. The van der Waals surface area contributed by atoms with Gasteiger partial charge in [0.2, 0.25) is 0 Å². The summed E-state index contributed by atoms with van der Waals surface area (Å²) in [4.78, 5) is 29.3. The monoisotopic (exact) mass is 258 g/mol. The quantitative estimate of drug-likeness (QED) is 0.583. The van der Waals surface area contributed by atoms with Crippen molar-refractivity contribution < 1.29 is 9.59 Å². The molecule has 3 rings (SSSR count). The van der Waals surface area contributed by atoms with E-state index >= 15 is 0 Å². The van der Waals surface area contributed by atoms with Crippen LogP contribution in [0, 0.1) is 0 Å². The molecular formula is C13H7ClN2O2. The first-order chi connectivity index (χ1) is 8.68. The molecule has 88 valence electrons. The second kappa shape index (κ2) is 3.92. The molecule has 1 aromatic heterocycles. The van der Waals surface area contributed by atoms with Crippen molar-refractivity contribution in [2.45, 2.75) is 0 Å². The molecule has 18 heavy (non-hydrogen) atoms. The summed E-state index contributed by atoms with van der Waals surface area (Å²) >= 11 is 5.74. The predicted molar refractivity (Wildman–Crippen MR) is 66.8 cm³/mol. The Kier molecular flexibility index (Phi) is 2.38. The van der Waals surface area contributed by atoms with Gasteiger partial charge in [-0.1, -0.05) is 29.8 Å². The van der Waals surface area contributed by atoms with Gasteiger partial charge in [0.25, 0.3) is 11.8 Å². The highest BCUT2D eigenvalue weighted by molar-refractivity contribution is 6.35. The number of nitrogens with zero attached hydrogens (tertiary/aromatic N) is 2. The zero-order chi connectivity index (χ0) is 12.7. The normalized spacial score (nSPS) is 13.9. The van der Waals surface area contributed by atoms with Crippen molar-refractivity contribution in [3.05, 3.63) is 58.9 Å². The Balaban J connectivity index is 2.13. The predicted octanol–water partition coefficient (Wildman–Crippen LogP) is 2.54. The van der Waals surface area contributed by atoms with Crippen LogP contribution in [0.15, 0.2) is 42.5 Å². The molecule has 4 nitrogen and oxygen atoms in total. The molecule has 2 aromatic rings. The Labute approximate surface area is 108 Å². The fourth-order valence-corrected chi connectivity index (χ4v) is 2.05. The van der Waals surface area contributed by atoms with Crippen molar-refractivity contribution in [1.82, 2.24) is 4.98 Å². The molecule has 0 saturated carbocycles. The first-order valence-corrected chi connectivity index (χ1v) is 5.66. The maximum absolute atomic E-state index is 12.1. The molecule has 0 saturated heterocycles. The van der Waals surface area contributed by atoms with Crippen LogP contribution >= 0.6 is 11.6 Å². The number of pyridine rings is 1. The number of hydrogen-bond acceptors (Lipinski definition) is 3. The minimum Gasteiger partial charge on any atom is -0.268 e. The van der Waals surface area contributed by atoms with Crippen molar-refractivity contribution in [2.75, 3.05) is 4.90 Å². The molecule has 2 heterocycles. The molecule has 0 atom stereocenters. The first kappa shape index (κ1) is 10.9. The highest BCUT2D eigenvalue weighted by Gasteiger charge is 2.38. The molecular weight excluding hydrogens is 252 g/mol. The summed E-state index contributed by atoms with van der Waals surface area (Å²) in [7, 11) is 0. The van der Waals surface area contributed by atoms with Gasteiger partial charge < -0.3 is 0 Å². The number of benzene rings is 1. The van der Waals surface area contributed by atoms with E-state index in [4.69, 9.17) is 11.6 Å². The average molecular weight is 259 g/mol. The van der Waals surface area contributed by atoms with E-state index in [1.54, 1.807) is 24.3 Å². The third-order valence-corrected chi connectivity index (χ3v) is 2.93. The van der Waals surface area contributed by atoms with Gasteiger partial charge in [0.1, 0.15) is 10.8 Å². The number of anilines is 1. The zero-order valence-electron chi connectivity index (χ0n) is 9.13. The molecule has 0 bridgehead atoms. The fourth-order valence-electron chi connectivity index (χ4n) is 1.90. The van der Waals surface area contributed by atoms with Gasteiger partial charge in [0, 0.05) is 0 Å². The van der Waals surface area contributed by atoms with E-state index in [2.05, 4.69) is 4.98 Å². The van der Waals surface area contributed by atoms with E-state index in [0.29, 0.717) is 5.69 Å². The number of fused-ring (bicyclic) bond motifs is 1. The van der Waals surface area contributed by atoms with Crippen LogP contribution in [-0.4, -0.2) is 16.8 Å². The molecule has 0 fully saturated rings. The summed E-state index contributed by atoms with van der Waals surface area (Å²) in [6.45, 7) is 0. The molecule has 0 radical (unpaired) electrons. The lowest BCUT2D eigenvalue weighted by Gasteiger charge is -2.12. The molecule has 1 aliphatic rings. The lowest BCUT2D eigenvalue weighted by Crippen LogP contribution is -2.29. The van der Waals surface area contributed by atoms with E-state index in [9.17, 15) is 9.59 Å². The summed E-state index contributed by atoms with van der Waals surface area (Å²) < 4.78 is 0. The van der Waals surface area contributed by atoms with E-state index in [0.717, 1.165) is 4.90 Å². The van der Waals surface area contributed by atoms with Crippen LogP contribution in [0.5, 0.6) is 0 Å². The lowest BCUT2D eigenvalue weighted by molar-refractivity contribution is 0.0924. The molecule has 1 aromatic carbocycles. The number of para-hydroxylation sites is 1. The largest absolute Gasteiger partial charge is 0.284 e. The number of hydrogen-bond donors (Lipinski definition) is 0. The fraction of sp³-hybridized carbons (Fsp3) is 0. The van der Waals surface area contributed by atoms with E-state index in [-0.39, 0.29) is 22.3 Å². The smallest absolute Gasteiger partial charge is 0.268 e. The topological polar surface area (TPSA) is 50.3 Å². The van der Waals surface area contributed by atoms with Crippen molar-refractivity contribution in [1.29, 1.82) is 0 Å². The molecule has 1 aliphatic heterocycles. The molecule has 0 unspecified atom stereocenters. The van der Waals surface area contributed by atoms with Crippen molar-refractivity contribution >= 4 is 29.1 Å². The minimum atomic E-state index is -0.441. The van der Waals surface area contributed by atoms with Gasteiger partial charge in [0.15, 0.2) is 0 Å². The maximum atomic E-state index is 12.1. The number of imide groups is 1. The Hall–Kier alpha value is -2.20. The SMILES string of the molecule is O=C1c2ccc(Cl)nc2C(=O)N1c1ccccc1. The number of carbonyl (C=O) groups excluding carboxylic acids is 2. The summed E-state index contributed by atoms with van der Waals surface area (Å²) in [5.74, 6) is -0.811. The third-order valence-electron chi connectivity index (χ3n) is 2.71. The van der Waals surface area contributed by atoms with Crippen LogP contribution in [0.3, 0.4) is 0 Å². The second-order valence-corrected chi connectivity index (χ2v) is 4.20. The number of rotatable bonds is 1. The third kappa shape index (κ3) is 1.50. The first-order valence-electron chi connectivity index (χ1n) is 5.29. The molecule has 5 heteroatoms. The highest BCUT2D eigenvalue weighted by Crippen LogP contribution is 2.27. The van der Waals surface area contributed by atoms with Crippen LogP contribution < -0.4 is 4.90 Å². The van der Waals surface area contributed by atoms with Crippen molar-refractivity contribution in [3.63, 3.8) is 0 Å². The van der Waals surface area contributed by atoms with Gasteiger partial charge in [-0.2, -0.15) is 0 Å². The van der Waals surface area contributed by atoms with E-state index in [1.165, 1.54) is 12.1 Å². The van der Waals surface area contributed by atoms with Gasteiger partial charge in [-0.3, -0.25) is 9.59 Å². The second-order valence-electron chi connectivity index (χ2n) is 3.81. The Morgan fingerprint density at radius 2 is 1.67 bits per heavy atom. The van der Waals surface area contributed by atoms with E-state index < -0.39 is 5.91 Å². The van der Waals surface area contributed by atoms with Gasteiger partial charge in [0.05, 0.1) is 11.3 Å². The highest BCUT2D eigenvalue weighted by atomic mass is 35.5. The van der Waals surface area contributed by atoms with Gasteiger partial charge in [-0.05, 0) is 24.3 Å². The van der Waals surface area contributed by atoms with Crippen LogP contribution in [0.1, 0.15) is 20.8 Å². The van der Waals surface area contributed by atoms with E-state index in [1.807, 2.05) is 6.07 Å². The Morgan fingerprint density at radius 3 is 2.39 bits per heavy atom. The van der Waals surface area contributed by atoms with Crippen LogP contribution in [0.2, 0.25) is 5.15 Å². The summed E-state index contributed by atoms with van der Waals surface area (Å²) in [5, 5.41) is 0.199. The van der Waals surface area contributed by atoms with Crippen LogP contribution in [0.4, 0.5) is 5.69 Å².